The van der Waals surface area contributed by atoms with E-state index in [1.807, 2.05) is 69.3 Å². The number of carbonyl (C=O) groups excluding carboxylic acids is 2. The fraction of sp³-hybridized carbons (Fsp3) is 0.516. The van der Waals surface area contributed by atoms with Crippen LogP contribution in [0.1, 0.15) is 50.8 Å². The van der Waals surface area contributed by atoms with Gasteiger partial charge in [0.2, 0.25) is 5.91 Å². The molecule has 0 unspecified atom stereocenters. The quantitative estimate of drug-likeness (QED) is 0.445. The topological polar surface area (TPSA) is 83.9 Å². The van der Waals surface area contributed by atoms with Gasteiger partial charge >= 0.3 is 0 Å². The Morgan fingerprint density at radius 3 is 2.38 bits per heavy atom. The highest BCUT2D eigenvalue weighted by Crippen LogP contribution is 2.34. The molecule has 9 nitrogen and oxygen atoms in total. The summed E-state index contributed by atoms with van der Waals surface area (Å²) in [6.45, 7) is 10.3. The van der Waals surface area contributed by atoms with Crippen molar-refractivity contribution in [3.63, 3.8) is 0 Å². The van der Waals surface area contributed by atoms with Gasteiger partial charge in [0.25, 0.3) is 5.91 Å². The summed E-state index contributed by atoms with van der Waals surface area (Å²) < 4.78 is 16.2. The Kier molecular flexibility index (Phi) is 9.81. The molecule has 1 fully saturated rings. The van der Waals surface area contributed by atoms with Crippen LogP contribution in [0.5, 0.6) is 11.5 Å². The maximum absolute atomic E-state index is 13.9. The molecule has 9 heteroatoms. The van der Waals surface area contributed by atoms with Crippen molar-refractivity contribution in [2.75, 3.05) is 60.2 Å². The summed E-state index contributed by atoms with van der Waals surface area (Å²) in [4.78, 5) is 31.3. The van der Waals surface area contributed by atoms with Crippen LogP contribution in [0.3, 0.4) is 0 Å². The minimum Gasteiger partial charge on any atom is -0.497 e. The number of ether oxygens (including phenoxy) is 3. The Hall–Kier alpha value is -3.43. The van der Waals surface area contributed by atoms with Gasteiger partial charge in [0.1, 0.15) is 18.0 Å². The number of morpholine rings is 1. The lowest BCUT2D eigenvalue weighted by atomic mass is 9.91. The molecule has 40 heavy (non-hydrogen) atoms. The summed E-state index contributed by atoms with van der Waals surface area (Å²) in [7, 11) is 3.26. The van der Waals surface area contributed by atoms with Gasteiger partial charge in [-0.05, 0) is 35.2 Å². The van der Waals surface area contributed by atoms with Crippen LogP contribution < -0.4 is 9.47 Å². The number of carbonyl (C=O) groups is 2. The van der Waals surface area contributed by atoms with Gasteiger partial charge in [-0.25, -0.2) is 5.01 Å². The number of benzene rings is 2. The van der Waals surface area contributed by atoms with Crippen LogP contribution in [-0.2, 0) is 14.3 Å². The van der Waals surface area contributed by atoms with E-state index < -0.39 is 0 Å². The largest absolute Gasteiger partial charge is 0.497 e. The van der Waals surface area contributed by atoms with Gasteiger partial charge in [-0.3, -0.25) is 14.5 Å². The Morgan fingerprint density at radius 1 is 1.02 bits per heavy atom. The molecule has 2 amide bonds. The lowest BCUT2D eigenvalue weighted by Gasteiger charge is -2.32. The molecular weight excluding hydrogens is 508 g/mol. The fourth-order valence-electron chi connectivity index (χ4n) is 4.98. The van der Waals surface area contributed by atoms with Gasteiger partial charge in [-0.1, -0.05) is 45.0 Å². The predicted octanol–water partition coefficient (Wildman–Crippen LogP) is 3.98. The number of rotatable bonds is 10. The van der Waals surface area contributed by atoms with Gasteiger partial charge in [0, 0.05) is 44.6 Å². The van der Waals surface area contributed by atoms with E-state index in [9.17, 15) is 9.59 Å². The number of methoxy groups -OCH3 is 2. The molecule has 0 aromatic heterocycles. The molecule has 216 valence electrons. The summed E-state index contributed by atoms with van der Waals surface area (Å²) in [6, 6.07) is 15.1. The molecule has 0 N–H and O–H groups in total. The van der Waals surface area contributed by atoms with E-state index >= 15 is 0 Å². The minimum atomic E-state index is -0.293. The average Bonchev–Trinajstić information content (AvgIpc) is 3.40. The molecule has 0 aliphatic carbocycles. The highest BCUT2D eigenvalue weighted by Gasteiger charge is 2.35. The molecule has 2 aliphatic rings. The van der Waals surface area contributed by atoms with Crippen molar-refractivity contribution in [3.8, 4) is 11.5 Å². The van der Waals surface area contributed by atoms with Crippen molar-refractivity contribution >= 4 is 17.5 Å². The van der Waals surface area contributed by atoms with E-state index in [4.69, 9.17) is 19.3 Å². The summed E-state index contributed by atoms with van der Waals surface area (Å²) in [5.74, 6) is 1.25. The third kappa shape index (κ3) is 7.82. The van der Waals surface area contributed by atoms with Crippen LogP contribution in [0, 0.1) is 5.41 Å². The fourth-order valence-corrected chi connectivity index (χ4v) is 4.98. The smallest absolute Gasteiger partial charge is 0.262 e. The Morgan fingerprint density at radius 2 is 1.73 bits per heavy atom. The lowest BCUT2D eigenvalue weighted by Crippen LogP contribution is -2.47. The molecule has 2 aromatic carbocycles. The van der Waals surface area contributed by atoms with Gasteiger partial charge in [0.15, 0.2) is 0 Å². The Labute approximate surface area is 237 Å². The third-order valence-electron chi connectivity index (χ3n) is 7.22. The Bertz CT molecular complexity index is 1180. The van der Waals surface area contributed by atoms with Crippen LogP contribution in [0.4, 0.5) is 0 Å². The standard InChI is InChI=1S/C31H42N4O5/c1-31(2,3)21-29(36)34(14-13-33-15-17-40-18-16-33)22-30(37)35-28(23-9-11-25(38-4)12-10-23)20-27(32-35)24-7-6-8-26(19-24)39-5/h6-12,19,28H,13-18,20-22H2,1-5H3/t28-/m1/s1. The zero-order valence-electron chi connectivity index (χ0n) is 24.4. The van der Waals surface area contributed by atoms with E-state index in [0.29, 0.717) is 39.1 Å². The van der Waals surface area contributed by atoms with Crippen LogP contribution in [-0.4, -0.2) is 92.5 Å². The van der Waals surface area contributed by atoms with Gasteiger partial charge < -0.3 is 19.1 Å². The molecule has 4 rings (SSSR count). The van der Waals surface area contributed by atoms with Crippen LogP contribution >= 0.6 is 0 Å². The van der Waals surface area contributed by atoms with E-state index in [0.717, 1.165) is 41.4 Å². The molecule has 0 saturated carbocycles. The zero-order valence-corrected chi connectivity index (χ0v) is 24.4. The van der Waals surface area contributed by atoms with Crippen molar-refractivity contribution < 1.29 is 23.8 Å². The highest BCUT2D eigenvalue weighted by molar-refractivity contribution is 6.03. The maximum Gasteiger partial charge on any atom is 0.262 e. The summed E-state index contributed by atoms with van der Waals surface area (Å²) in [6.07, 6.45) is 0.915. The number of hydrazone groups is 1. The predicted molar refractivity (Wildman–Crippen MR) is 155 cm³/mol. The van der Waals surface area contributed by atoms with Crippen molar-refractivity contribution in [1.29, 1.82) is 0 Å². The second kappa shape index (κ2) is 13.3. The monoisotopic (exact) mass is 550 g/mol. The van der Waals surface area contributed by atoms with Crippen LogP contribution in [0.15, 0.2) is 53.6 Å². The molecule has 0 radical (unpaired) electrons. The van der Waals surface area contributed by atoms with E-state index in [2.05, 4.69) is 4.90 Å². The van der Waals surface area contributed by atoms with Gasteiger partial charge in [-0.2, -0.15) is 5.10 Å². The zero-order chi connectivity index (χ0) is 28.7. The molecular formula is C31H42N4O5. The van der Waals surface area contributed by atoms with Crippen molar-refractivity contribution in [2.24, 2.45) is 10.5 Å². The Balaban J connectivity index is 1.59. The van der Waals surface area contributed by atoms with E-state index in [-0.39, 0.29) is 29.8 Å². The maximum atomic E-state index is 13.9. The first kappa shape index (κ1) is 29.6. The normalized spacial score (nSPS) is 17.9. The van der Waals surface area contributed by atoms with Crippen molar-refractivity contribution in [2.45, 2.75) is 39.7 Å². The van der Waals surface area contributed by atoms with Crippen LogP contribution in [0.2, 0.25) is 0 Å². The third-order valence-corrected chi connectivity index (χ3v) is 7.22. The summed E-state index contributed by atoms with van der Waals surface area (Å²) in [5.41, 5.74) is 2.47. The number of nitrogens with zero attached hydrogens (tertiary/aromatic N) is 4. The van der Waals surface area contributed by atoms with Crippen LogP contribution in [0.25, 0.3) is 0 Å². The average molecular weight is 551 g/mol. The lowest BCUT2D eigenvalue weighted by molar-refractivity contribution is -0.142. The van der Waals surface area contributed by atoms with Gasteiger partial charge in [0.05, 0.1) is 39.2 Å². The van der Waals surface area contributed by atoms with Crippen molar-refractivity contribution in [1.82, 2.24) is 14.8 Å². The highest BCUT2D eigenvalue weighted by atomic mass is 16.5. The number of hydrogen-bond acceptors (Lipinski definition) is 7. The first-order valence-corrected chi connectivity index (χ1v) is 13.9. The van der Waals surface area contributed by atoms with Crippen molar-refractivity contribution in [3.05, 3.63) is 59.7 Å². The summed E-state index contributed by atoms with van der Waals surface area (Å²) >= 11 is 0. The van der Waals surface area contributed by atoms with E-state index in [1.54, 1.807) is 24.1 Å². The molecule has 1 saturated heterocycles. The molecule has 0 bridgehead atoms. The summed E-state index contributed by atoms with van der Waals surface area (Å²) in [5, 5.41) is 6.38. The molecule has 2 heterocycles. The molecule has 2 aliphatic heterocycles. The number of amides is 2. The molecule has 1 atom stereocenters. The molecule has 2 aromatic rings. The van der Waals surface area contributed by atoms with Gasteiger partial charge in [-0.15, -0.1) is 0 Å². The minimum absolute atomic E-state index is 0.0219. The first-order chi connectivity index (χ1) is 19.2. The molecule has 0 spiro atoms. The number of hydrogen-bond donors (Lipinski definition) is 0. The first-order valence-electron chi connectivity index (χ1n) is 13.9. The second-order valence-electron chi connectivity index (χ2n) is 11.5. The SMILES string of the molecule is COc1ccc([C@H]2CC(c3cccc(OC)c3)=NN2C(=O)CN(CCN2CCOCC2)C(=O)CC(C)(C)C)cc1. The second-order valence-corrected chi connectivity index (χ2v) is 11.5. The van der Waals surface area contributed by atoms with E-state index in [1.165, 1.54) is 0 Å².